The van der Waals surface area contributed by atoms with Crippen molar-refractivity contribution in [2.45, 2.75) is 12.8 Å². The molecule has 0 saturated carbocycles. The van der Waals surface area contributed by atoms with E-state index in [-0.39, 0.29) is 18.0 Å². The number of ether oxygens (including phenoxy) is 1. The first-order chi connectivity index (χ1) is 10.1. The number of para-hydroxylation sites is 1. The van der Waals surface area contributed by atoms with Gasteiger partial charge in [0, 0.05) is 11.4 Å². The molecule has 0 radical (unpaired) electrons. The number of hydrogen-bond donors (Lipinski definition) is 1. The van der Waals surface area contributed by atoms with E-state index in [1.807, 2.05) is 24.3 Å². The number of carbonyl (C=O) groups excluding carboxylic acids is 1. The van der Waals surface area contributed by atoms with Crippen LogP contribution in [0.4, 0.5) is 10.1 Å². The molecule has 3 nitrogen and oxygen atoms in total. The van der Waals surface area contributed by atoms with Crippen molar-refractivity contribution in [2.75, 3.05) is 12.4 Å². The van der Waals surface area contributed by atoms with E-state index in [9.17, 15) is 9.18 Å². The summed E-state index contributed by atoms with van der Waals surface area (Å²) in [6, 6.07) is 11.5. The second-order valence-corrected chi connectivity index (χ2v) is 4.92. The van der Waals surface area contributed by atoms with Gasteiger partial charge in [0.25, 0.3) is 0 Å². The summed E-state index contributed by atoms with van der Waals surface area (Å²) in [5.41, 5.74) is 1.02. The smallest absolute Gasteiger partial charge is 0.224 e. The van der Waals surface area contributed by atoms with E-state index in [2.05, 4.69) is 5.32 Å². The molecule has 0 bridgehead atoms. The quantitative estimate of drug-likeness (QED) is 0.904. The second kappa shape index (κ2) is 7.09. The van der Waals surface area contributed by atoms with Crippen LogP contribution in [0.15, 0.2) is 42.5 Å². The van der Waals surface area contributed by atoms with Crippen LogP contribution < -0.4 is 10.1 Å². The highest BCUT2D eigenvalue weighted by Gasteiger charge is 2.09. The molecule has 0 aliphatic heterocycles. The molecule has 0 fully saturated rings. The summed E-state index contributed by atoms with van der Waals surface area (Å²) in [5.74, 6) is -0.0497. The fourth-order valence-electron chi connectivity index (χ4n) is 1.96. The molecular weight excluding hydrogens is 293 g/mol. The van der Waals surface area contributed by atoms with E-state index in [0.717, 1.165) is 11.3 Å². The topological polar surface area (TPSA) is 38.3 Å². The number of halogens is 2. The maximum atomic E-state index is 13.5. The molecule has 1 N–H and O–H groups in total. The summed E-state index contributed by atoms with van der Waals surface area (Å²) in [4.78, 5) is 11.9. The lowest BCUT2D eigenvalue weighted by Crippen LogP contribution is -2.13. The number of carbonyl (C=O) groups is 1. The number of rotatable bonds is 5. The average Bonchev–Trinajstić information content (AvgIpc) is 2.49. The van der Waals surface area contributed by atoms with Crippen LogP contribution in [0.5, 0.6) is 5.75 Å². The molecule has 0 aliphatic rings. The van der Waals surface area contributed by atoms with Crippen LogP contribution in [0.1, 0.15) is 12.0 Å². The number of methoxy groups -OCH3 is 1. The first-order valence-corrected chi connectivity index (χ1v) is 6.84. The number of benzene rings is 2. The summed E-state index contributed by atoms with van der Waals surface area (Å²) < 4.78 is 18.7. The molecule has 0 unspecified atom stereocenters. The van der Waals surface area contributed by atoms with Gasteiger partial charge in [0.2, 0.25) is 5.91 Å². The molecule has 2 rings (SSSR count). The molecule has 0 heterocycles. The van der Waals surface area contributed by atoms with Gasteiger partial charge in [0.15, 0.2) is 0 Å². The monoisotopic (exact) mass is 307 g/mol. The predicted molar refractivity (Wildman–Crippen MR) is 81.4 cm³/mol. The van der Waals surface area contributed by atoms with Gasteiger partial charge >= 0.3 is 0 Å². The van der Waals surface area contributed by atoms with E-state index in [1.165, 1.54) is 18.2 Å². The Morgan fingerprint density at radius 3 is 2.81 bits per heavy atom. The highest BCUT2D eigenvalue weighted by Crippen LogP contribution is 2.21. The minimum atomic E-state index is -0.509. The molecule has 0 aliphatic carbocycles. The van der Waals surface area contributed by atoms with Gasteiger partial charge in [-0.25, -0.2) is 4.39 Å². The summed E-state index contributed by atoms with van der Waals surface area (Å²) in [7, 11) is 1.58. The fourth-order valence-corrected chi connectivity index (χ4v) is 2.14. The summed E-state index contributed by atoms with van der Waals surface area (Å²) >= 11 is 5.78. The Hall–Kier alpha value is -2.07. The third-order valence-corrected chi connectivity index (χ3v) is 3.25. The van der Waals surface area contributed by atoms with Crippen LogP contribution in [0.2, 0.25) is 5.02 Å². The highest BCUT2D eigenvalue weighted by atomic mass is 35.5. The molecule has 0 atom stereocenters. The zero-order valence-electron chi connectivity index (χ0n) is 11.5. The lowest BCUT2D eigenvalue weighted by atomic mass is 10.1. The standard InChI is InChI=1S/C16H15ClFNO2/c1-21-15-5-3-2-4-11(15)6-9-16(20)19-14-10-12(17)7-8-13(14)18/h2-5,7-8,10H,6,9H2,1H3,(H,19,20). The van der Waals surface area contributed by atoms with Crippen molar-refractivity contribution in [1.29, 1.82) is 0 Å². The average molecular weight is 308 g/mol. The van der Waals surface area contributed by atoms with Crippen LogP contribution in [0.25, 0.3) is 0 Å². The van der Waals surface area contributed by atoms with Crippen molar-refractivity contribution in [3.8, 4) is 5.75 Å². The number of hydrogen-bond acceptors (Lipinski definition) is 2. The highest BCUT2D eigenvalue weighted by molar-refractivity contribution is 6.30. The van der Waals surface area contributed by atoms with Gasteiger partial charge in [-0.2, -0.15) is 0 Å². The maximum absolute atomic E-state index is 13.5. The fraction of sp³-hybridized carbons (Fsp3) is 0.188. The van der Waals surface area contributed by atoms with E-state index in [4.69, 9.17) is 16.3 Å². The molecule has 21 heavy (non-hydrogen) atoms. The molecule has 2 aromatic carbocycles. The third kappa shape index (κ3) is 4.20. The van der Waals surface area contributed by atoms with Crippen LogP contribution in [0.3, 0.4) is 0 Å². The van der Waals surface area contributed by atoms with Crippen LogP contribution in [-0.2, 0) is 11.2 Å². The molecule has 0 spiro atoms. The number of amides is 1. The SMILES string of the molecule is COc1ccccc1CCC(=O)Nc1cc(Cl)ccc1F. The lowest BCUT2D eigenvalue weighted by Gasteiger charge is -2.09. The summed E-state index contributed by atoms with van der Waals surface area (Å²) in [5, 5.41) is 2.89. The zero-order valence-corrected chi connectivity index (χ0v) is 12.3. The molecule has 110 valence electrons. The number of aryl methyl sites for hydroxylation is 1. The zero-order chi connectivity index (χ0) is 15.2. The molecular formula is C16H15ClFNO2. The van der Waals surface area contributed by atoms with Crippen molar-refractivity contribution in [2.24, 2.45) is 0 Å². The van der Waals surface area contributed by atoms with Gasteiger partial charge in [-0.05, 0) is 36.2 Å². The first-order valence-electron chi connectivity index (χ1n) is 6.47. The van der Waals surface area contributed by atoms with E-state index < -0.39 is 5.82 Å². The van der Waals surface area contributed by atoms with Gasteiger partial charge in [0.05, 0.1) is 12.8 Å². The Balaban J connectivity index is 1.97. The van der Waals surface area contributed by atoms with Crippen molar-refractivity contribution in [3.05, 3.63) is 58.9 Å². The second-order valence-electron chi connectivity index (χ2n) is 4.48. The minimum Gasteiger partial charge on any atom is -0.496 e. The largest absolute Gasteiger partial charge is 0.496 e. The Labute approximate surface area is 127 Å². The lowest BCUT2D eigenvalue weighted by molar-refractivity contribution is -0.116. The Morgan fingerprint density at radius 1 is 1.29 bits per heavy atom. The van der Waals surface area contributed by atoms with E-state index >= 15 is 0 Å². The Kier molecular flexibility index (Phi) is 5.17. The van der Waals surface area contributed by atoms with Crippen LogP contribution in [-0.4, -0.2) is 13.0 Å². The first kappa shape index (κ1) is 15.3. The van der Waals surface area contributed by atoms with E-state index in [0.29, 0.717) is 11.4 Å². The van der Waals surface area contributed by atoms with Crippen LogP contribution >= 0.6 is 11.6 Å². The van der Waals surface area contributed by atoms with Gasteiger partial charge in [0.1, 0.15) is 11.6 Å². The summed E-state index contributed by atoms with van der Waals surface area (Å²) in [6.45, 7) is 0. The molecule has 5 heteroatoms. The van der Waals surface area contributed by atoms with Gasteiger partial charge in [-0.1, -0.05) is 29.8 Å². The summed E-state index contributed by atoms with van der Waals surface area (Å²) in [6.07, 6.45) is 0.740. The van der Waals surface area contributed by atoms with Gasteiger partial charge in [-0.3, -0.25) is 4.79 Å². The van der Waals surface area contributed by atoms with Gasteiger partial charge < -0.3 is 10.1 Å². The minimum absolute atomic E-state index is 0.0903. The normalized spacial score (nSPS) is 10.2. The molecule has 0 aromatic heterocycles. The molecule has 2 aromatic rings. The predicted octanol–water partition coefficient (Wildman–Crippen LogP) is 4.06. The maximum Gasteiger partial charge on any atom is 0.224 e. The number of anilines is 1. The van der Waals surface area contributed by atoms with Gasteiger partial charge in [-0.15, -0.1) is 0 Å². The van der Waals surface area contributed by atoms with Crippen molar-refractivity contribution < 1.29 is 13.9 Å². The van der Waals surface area contributed by atoms with Crippen molar-refractivity contribution in [3.63, 3.8) is 0 Å². The number of nitrogens with one attached hydrogen (secondary N) is 1. The Morgan fingerprint density at radius 2 is 2.05 bits per heavy atom. The van der Waals surface area contributed by atoms with Crippen LogP contribution in [0, 0.1) is 5.82 Å². The van der Waals surface area contributed by atoms with E-state index in [1.54, 1.807) is 7.11 Å². The molecule has 0 saturated heterocycles. The Bertz CT molecular complexity index is 646. The van der Waals surface area contributed by atoms with Crippen molar-refractivity contribution in [1.82, 2.24) is 0 Å². The van der Waals surface area contributed by atoms with Crippen molar-refractivity contribution >= 4 is 23.2 Å². The third-order valence-electron chi connectivity index (χ3n) is 3.02. The molecule has 1 amide bonds.